The number of aromatic nitrogens is 1. The minimum absolute atomic E-state index is 0.248. The first-order chi connectivity index (χ1) is 17.8. The number of hydrogen-bond donors (Lipinski definition) is 0. The van der Waals surface area contributed by atoms with Gasteiger partial charge in [-0.2, -0.15) is 9.30 Å². The van der Waals surface area contributed by atoms with Crippen molar-refractivity contribution in [2.45, 2.75) is 38.1 Å². The zero-order valence-corrected chi connectivity index (χ0v) is 23.2. The standard InChI is InChI=1S/C26H33N3O6S2/c1-5-35-17-16-29-23-21(33-3)10-11-22(34-4)24(23)36-26(29)27-25(30)19-12-14-28(15-13-19)37(31,32)20-8-6-18(2)7-9-20/h6-11,19H,5,12-17H2,1-4H3. The van der Waals surface area contributed by atoms with Gasteiger partial charge < -0.3 is 18.8 Å². The van der Waals surface area contributed by atoms with E-state index in [1.54, 1.807) is 38.5 Å². The lowest BCUT2D eigenvalue weighted by Gasteiger charge is -2.29. The van der Waals surface area contributed by atoms with Crippen molar-refractivity contribution < 1.29 is 27.4 Å². The van der Waals surface area contributed by atoms with E-state index in [2.05, 4.69) is 4.99 Å². The van der Waals surface area contributed by atoms with Crippen LogP contribution >= 0.6 is 11.3 Å². The van der Waals surface area contributed by atoms with Gasteiger partial charge in [-0.05, 0) is 51.0 Å². The number of carbonyl (C=O) groups is 1. The molecule has 0 saturated carbocycles. The average molecular weight is 548 g/mol. The largest absolute Gasteiger partial charge is 0.495 e. The molecule has 9 nitrogen and oxygen atoms in total. The molecule has 3 aromatic rings. The van der Waals surface area contributed by atoms with Crippen LogP contribution in [0.2, 0.25) is 0 Å². The molecule has 0 N–H and O–H groups in total. The lowest BCUT2D eigenvalue weighted by molar-refractivity contribution is -0.122. The molecule has 200 valence electrons. The van der Waals surface area contributed by atoms with Crippen LogP contribution in [0.15, 0.2) is 46.3 Å². The van der Waals surface area contributed by atoms with Gasteiger partial charge in [-0.3, -0.25) is 4.79 Å². The van der Waals surface area contributed by atoms with E-state index in [0.717, 1.165) is 15.8 Å². The van der Waals surface area contributed by atoms with Crippen molar-refractivity contribution in [2.75, 3.05) is 40.5 Å². The number of rotatable bonds is 9. The number of benzene rings is 2. The van der Waals surface area contributed by atoms with E-state index in [9.17, 15) is 13.2 Å². The van der Waals surface area contributed by atoms with Gasteiger partial charge in [0.25, 0.3) is 5.91 Å². The van der Waals surface area contributed by atoms with Gasteiger partial charge in [0.05, 0.1) is 25.7 Å². The summed E-state index contributed by atoms with van der Waals surface area (Å²) in [4.78, 5) is 18.6. The summed E-state index contributed by atoms with van der Waals surface area (Å²) >= 11 is 1.37. The van der Waals surface area contributed by atoms with Crippen molar-refractivity contribution in [1.82, 2.24) is 8.87 Å². The van der Waals surface area contributed by atoms with Crippen LogP contribution in [-0.2, 0) is 26.1 Å². The second-order valence-corrected chi connectivity index (χ2v) is 11.7. The van der Waals surface area contributed by atoms with E-state index < -0.39 is 10.0 Å². The Labute approximate surface area is 221 Å². The summed E-state index contributed by atoms with van der Waals surface area (Å²) in [5, 5.41) is 0. The number of amides is 1. The van der Waals surface area contributed by atoms with Crippen LogP contribution in [-0.4, -0.2) is 63.7 Å². The predicted octanol–water partition coefficient (Wildman–Crippen LogP) is 3.59. The van der Waals surface area contributed by atoms with Gasteiger partial charge in [0.15, 0.2) is 4.80 Å². The number of carbonyl (C=O) groups excluding carboxylic acids is 1. The van der Waals surface area contributed by atoms with Gasteiger partial charge in [0.1, 0.15) is 21.7 Å². The zero-order valence-electron chi connectivity index (χ0n) is 21.6. The second kappa shape index (κ2) is 11.8. The smallest absolute Gasteiger partial charge is 0.251 e. The molecule has 0 aliphatic carbocycles. The SMILES string of the molecule is CCOCCn1c(=NC(=O)C2CCN(S(=O)(=O)c3ccc(C)cc3)CC2)sc2c(OC)ccc(OC)c21. The van der Waals surface area contributed by atoms with E-state index in [-0.39, 0.29) is 29.8 Å². The molecule has 37 heavy (non-hydrogen) atoms. The highest BCUT2D eigenvalue weighted by atomic mass is 32.2. The lowest BCUT2D eigenvalue weighted by atomic mass is 9.98. The number of nitrogens with zero attached hydrogens (tertiary/aromatic N) is 3. The highest BCUT2D eigenvalue weighted by Crippen LogP contribution is 2.35. The fourth-order valence-electron chi connectivity index (χ4n) is 4.44. The van der Waals surface area contributed by atoms with Gasteiger partial charge in [0, 0.05) is 32.2 Å². The maximum absolute atomic E-state index is 13.3. The third kappa shape index (κ3) is 5.74. The molecule has 2 aromatic carbocycles. The monoisotopic (exact) mass is 547 g/mol. The molecule has 1 fully saturated rings. The Bertz CT molecular complexity index is 1420. The number of hydrogen-bond acceptors (Lipinski definition) is 7. The van der Waals surface area contributed by atoms with Crippen LogP contribution in [0.4, 0.5) is 0 Å². The first-order valence-corrected chi connectivity index (χ1v) is 14.5. The van der Waals surface area contributed by atoms with Crippen LogP contribution < -0.4 is 14.3 Å². The van der Waals surface area contributed by atoms with Crippen LogP contribution in [0.5, 0.6) is 11.5 Å². The van der Waals surface area contributed by atoms with Crippen LogP contribution in [0.3, 0.4) is 0 Å². The predicted molar refractivity (Wildman–Crippen MR) is 143 cm³/mol. The minimum Gasteiger partial charge on any atom is -0.495 e. The van der Waals surface area contributed by atoms with Gasteiger partial charge in [-0.15, -0.1) is 0 Å². The van der Waals surface area contributed by atoms with Crippen molar-refractivity contribution in [2.24, 2.45) is 10.9 Å². The Balaban J connectivity index is 1.59. The van der Waals surface area contributed by atoms with Gasteiger partial charge in [0.2, 0.25) is 10.0 Å². The number of fused-ring (bicyclic) bond motifs is 1. The summed E-state index contributed by atoms with van der Waals surface area (Å²) in [6.07, 6.45) is 0.841. The fraction of sp³-hybridized carbons (Fsp3) is 0.462. The summed E-state index contributed by atoms with van der Waals surface area (Å²) < 4.78 is 47.0. The van der Waals surface area contributed by atoms with Gasteiger partial charge in [-0.1, -0.05) is 29.0 Å². The van der Waals surface area contributed by atoms with E-state index >= 15 is 0 Å². The van der Waals surface area contributed by atoms with Crippen molar-refractivity contribution in [3.8, 4) is 11.5 Å². The van der Waals surface area contributed by atoms with E-state index in [0.29, 0.717) is 48.9 Å². The maximum atomic E-state index is 13.3. The van der Waals surface area contributed by atoms with Gasteiger partial charge in [-0.25, -0.2) is 8.42 Å². The maximum Gasteiger partial charge on any atom is 0.251 e. The second-order valence-electron chi connectivity index (χ2n) is 8.82. The van der Waals surface area contributed by atoms with Crippen molar-refractivity contribution in [3.05, 3.63) is 46.8 Å². The number of ether oxygens (including phenoxy) is 3. The zero-order chi connectivity index (χ0) is 26.6. The van der Waals surface area contributed by atoms with E-state index in [1.807, 2.05) is 30.5 Å². The number of thiazole rings is 1. The first-order valence-electron chi connectivity index (χ1n) is 12.3. The molecule has 1 aliphatic rings. The van der Waals surface area contributed by atoms with E-state index in [4.69, 9.17) is 14.2 Å². The van der Waals surface area contributed by atoms with Crippen LogP contribution in [0.25, 0.3) is 10.2 Å². The molecular weight excluding hydrogens is 514 g/mol. The molecule has 1 aliphatic heterocycles. The third-order valence-electron chi connectivity index (χ3n) is 6.52. The molecule has 11 heteroatoms. The molecule has 1 amide bonds. The molecule has 1 saturated heterocycles. The molecular formula is C26H33N3O6S2. The van der Waals surface area contributed by atoms with E-state index in [1.165, 1.54) is 15.6 Å². The minimum atomic E-state index is -3.59. The van der Waals surface area contributed by atoms with Crippen molar-refractivity contribution in [3.63, 3.8) is 0 Å². The van der Waals surface area contributed by atoms with Crippen LogP contribution in [0.1, 0.15) is 25.3 Å². The summed E-state index contributed by atoms with van der Waals surface area (Å²) in [7, 11) is -0.385. The quantitative estimate of drug-likeness (QED) is 0.380. The normalized spacial score (nSPS) is 15.8. The van der Waals surface area contributed by atoms with Crippen molar-refractivity contribution >= 4 is 37.5 Å². The number of sulfonamides is 1. The molecule has 0 bridgehead atoms. The molecule has 2 heterocycles. The molecule has 1 aromatic heterocycles. The number of piperidine rings is 1. The lowest BCUT2D eigenvalue weighted by Crippen LogP contribution is -2.40. The molecule has 0 unspecified atom stereocenters. The van der Waals surface area contributed by atoms with Crippen molar-refractivity contribution in [1.29, 1.82) is 0 Å². The summed E-state index contributed by atoms with van der Waals surface area (Å²) in [5.41, 5.74) is 1.80. The molecule has 0 atom stereocenters. The summed E-state index contributed by atoms with van der Waals surface area (Å²) in [6.45, 7) is 5.94. The number of methoxy groups -OCH3 is 2. The average Bonchev–Trinajstić information content (AvgIpc) is 3.26. The fourth-order valence-corrected chi connectivity index (χ4v) is 7.08. The Morgan fingerprint density at radius 2 is 1.70 bits per heavy atom. The summed E-state index contributed by atoms with van der Waals surface area (Å²) in [5.74, 6) is 0.738. The van der Waals surface area contributed by atoms with Gasteiger partial charge >= 0.3 is 0 Å². The molecule has 4 rings (SSSR count). The molecule has 0 spiro atoms. The number of aryl methyl sites for hydroxylation is 1. The van der Waals surface area contributed by atoms with Crippen LogP contribution in [0, 0.1) is 12.8 Å². The Hall–Kier alpha value is -2.73. The topological polar surface area (TPSA) is 99.4 Å². The Morgan fingerprint density at radius 1 is 1.05 bits per heavy atom. The third-order valence-corrected chi connectivity index (χ3v) is 9.53. The highest BCUT2D eigenvalue weighted by Gasteiger charge is 2.32. The summed E-state index contributed by atoms with van der Waals surface area (Å²) in [6, 6.07) is 10.5. The molecule has 0 radical (unpaired) electrons. The highest BCUT2D eigenvalue weighted by molar-refractivity contribution is 7.89. The Morgan fingerprint density at radius 3 is 2.32 bits per heavy atom. The Kier molecular flexibility index (Phi) is 8.68. The first kappa shape index (κ1) is 27.3.